The minimum Gasteiger partial charge on any atom is -0.507 e. The normalized spacial score (nSPS) is 16.3. The maximum Gasteiger partial charge on any atom is 0.312 e. The summed E-state index contributed by atoms with van der Waals surface area (Å²) in [7, 11) is 1.52. The van der Waals surface area contributed by atoms with Crippen molar-refractivity contribution in [2.24, 2.45) is 0 Å². The van der Waals surface area contributed by atoms with Crippen molar-refractivity contribution in [3.63, 3.8) is 0 Å². The highest BCUT2D eigenvalue weighted by atomic mass is 16.7. The van der Waals surface area contributed by atoms with E-state index < -0.39 is 11.9 Å². The quantitative estimate of drug-likeness (QED) is 0.357. The average molecular weight is 458 g/mol. The molecule has 1 aromatic heterocycles. The van der Waals surface area contributed by atoms with E-state index in [0.717, 1.165) is 0 Å². The van der Waals surface area contributed by atoms with Gasteiger partial charge in [-0.1, -0.05) is 30.3 Å². The fraction of sp³-hybridized carbons (Fsp3) is 0.154. The molecule has 6 rings (SSSR count). The average Bonchev–Trinajstić information content (AvgIpc) is 3.32. The van der Waals surface area contributed by atoms with Crippen LogP contribution in [0.5, 0.6) is 28.7 Å². The highest BCUT2D eigenvalue weighted by Gasteiger charge is 2.35. The van der Waals surface area contributed by atoms with E-state index in [1.54, 1.807) is 24.3 Å². The number of fused-ring (bicyclic) bond motifs is 4. The lowest BCUT2D eigenvalue weighted by molar-refractivity contribution is -0.135. The third-order valence-electron chi connectivity index (χ3n) is 6.14. The number of phenolic OH excluding ortho intramolecular Hbond substituents is 1. The van der Waals surface area contributed by atoms with Crippen LogP contribution >= 0.6 is 0 Å². The number of esters is 1. The maximum atomic E-state index is 13.4. The fourth-order valence-electron chi connectivity index (χ4n) is 4.58. The molecule has 0 fully saturated rings. The second-order valence-electron chi connectivity index (χ2n) is 8.04. The van der Waals surface area contributed by atoms with Crippen LogP contribution in [0.15, 0.2) is 64.0 Å². The largest absolute Gasteiger partial charge is 0.507 e. The first-order valence-electron chi connectivity index (χ1n) is 10.6. The van der Waals surface area contributed by atoms with E-state index in [1.807, 2.05) is 18.2 Å². The molecule has 8 heteroatoms. The predicted molar refractivity (Wildman–Crippen MR) is 121 cm³/mol. The van der Waals surface area contributed by atoms with Crippen molar-refractivity contribution in [2.75, 3.05) is 13.9 Å². The lowest BCUT2D eigenvalue weighted by Crippen LogP contribution is -2.22. The Labute approximate surface area is 192 Å². The zero-order valence-corrected chi connectivity index (χ0v) is 18.0. The predicted octanol–water partition coefficient (Wildman–Crippen LogP) is 4.34. The number of carbonyl (C=O) groups is 1. The van der Waals surface area contributed by atoms with Crippen molar-refractivity contribution in [3.8, 4) is 39.9 Å². The molecule has 0 amide bonds. The van der Waals surface area contributed by atoms with Gasteiger partial charge in [0.2, 0.25) is 18.0 Å². The van der Waals surface area contributed by atoms with Gasteiger partial charge >= 0.3 is 5.97 Å². The van der Waals surface area contributed by atoms with Gasteiger partial charge in [0, 0.05) is 17.5 Å². The molecule has 0 radical (unpaired) electrons. The SMILES string of the molecule is COc1cc(C2CC(=O)Oc3cc(O)c4c(=O)c(-c5ccccc5)coc4c32)cc2c1OCO2. The van der Waals surface area contributed by atoms with Gasteiger partial charge in [-0.25, -0.2) is 0 Å². The molecule has 2 aliphatic rings. The van der Waals surface area contributed by atoms with Gasteiger partial charge in [0.25, 0.3) is 0 Å². The number of methoxy groups -OCH3 is 1. The molecule has 34 heavy (non-hydrogen) atoms. The summed E-state index contributed by atoms with van der Waals surface area (Å²) in [5, 5.41) is 10.7. The summed E-state index contributed by atoms with van der Waals surface area (Å²) in [4.78, 5) is 25.9. The van der Waals surface area contributed by atoms with E-state index in [-0.39, 0.29) is 41.1 Å². The van der Waals surface area contributed by atoms with Crippen LogP contribution in [0.3, 0.4) is 0 Å². The van der Waals surface area contributed by atoms with E-state index in [2.05, 4.69) is 0 Å². The van der Waals surface area contributed by atoms with Gasteiger partial charge in [-0.2, -0.15) is 0 Å². The first kappa shape index (κ1) is 20.2. The number of benzene rings is 3. The van der Waals surface area contributed by atoms with Gasteiger partial charge in [-0.3, -0.25) is 9.59 Å². The Bertz CT molecular complexity index is 1520. The maximum absolute atomic E-state index is 13.4. The van der Waals surface area contributed by atoms with Gasteiger partial charge in [-0.15, -0.1) is 0 Å². The van der Waals surface area contributed by atoms with Crippen LogP contribution in [0, 0.1) is 0 Å². The summed E-state index contributed by atoms with van der Waals surface area (Å²) < 4.78 is 27.9. The van der Waals surface area contributed by atoms with Crippen molar-refractivity contribution in [1.29, 1.82) is 0 Å². The second kappa shape index (κ2) is 7.55. The number of ether oxygens (including phenoxy) is 4. The van der Waals surface area contributed by atoms with Crippen molar-refractivity contribution < 1.29 is 33.3 Å². The molecule has 170 valence electrons. The molecule has 1 unspecified atom stereocenters. The Morgan fingerprint density at radius 3 is 2.65 bits per heavy atom. The summed E-state index contributed by atoms with van der Waals surface area (Å²) >= 11 is 0. The molecule has 3 aromatic carbocycles. The minimum atomic E-state index is -0.534. The first-order chi connectivity index (χ1) is 16.5. The molecule has 1 N–H and O–H groups in total. The third kappa shape index (κ3) is 2.99. The minimum absolute atomic E-state index is 0.000178. The highest BCUT2D eigenvalue weighted by molar-refractivity contribution is 5.94. The van der Waals surface area contributed by atoms with E-state index in [0.29, 0.717) is 39.5 Å². The molecule has 4 aromatic rings. The van der Waals surface area contributed by atoms with Crippen LogP contribution in [0.4, 0.5) is 0 Å². The second-order valence-corrected chi connectivity index (χ2v) is 8.04. The molecule has 0 aliphatic carbocycles. The van der Waals surface area contributed by atoms with Crippen LogP contribution in [0.2, 0.25) is 0 Å². The monoisotopic (exact) mass is 458 g/mol. The zero-order valence-electron chi connectivity index (χ0n) is 18.0. The number of carbonyl (C=O) groups excluding carboxylic acids is 1. The third-order valence-corrected chi connectivity index (χ3v) is 6.14. The Morgan fingerprint density at radius 2 is 1.85 bits per heavy atom. The Morgan fingerprint density at radius 1 is 1.03 bits per heavy atom. The van der Waals surface area contributed by atoms with Crippen LogP contribution in [0.1, 0.15) is 23.5 Å². The van der Waals surface area contributed by atoms with Crippen molar-refractivity contribution in [2.45, 2.75) is 12.3 Å². The fourth-order valence-corrected chi connectivity index (χ4v) is 4.58. The Hall–Kier alpha value is -4.46. The first-order valence-corrected chi connectivity index (χ1v) is 10.6. The van der Waals surface area contributed by atoms with Crippen molar-refractivity contribution >= 4 is 16.9 Å². The summed E-state index contributed by atoms with van der Waals surface area (Å²) in [6.45, 7) is 0.0619. The number of hydrogen-bond acceptors (Lipinski definition) is 8. The van der Waals surface area contributed by atoms with E-state index in [9.17, 15) is 14.7 Å². The topological polar surface area (TPSA) is 104 Å². The van der Waals surface area contributed by atoms with Crippen LogP contribution < -0.4 is 24.4 Å². The standard InChI is InChI=1S/C26H18O8/c1-30-19-7-14(8-20-25(19)33-12-32-20)15-9-21(28)34-18-10-17(27)23-24(29)16(11-31-26(23)22(15)18)13-5-3-2-4-6-13/h2-8,10-11,15,27H,9,12H2,1H3. The summed E-state index contributed by atoms with van der Waals surface area (Å²) in [6, 6.07) is 13.9. The Kier molecular flexibility index (Phi) is 4.48. The lowest BCUT2D eigenvalue weighted by Gasteiger charge is -2.26. The van der Waals surface area contributed by atoms with Gasteiger partial charge in [0.15, 0.2) is 11.5 Å². The molecule has 0 saturated heterocycles. The molecular weight excluding hydrogens is 440 g/mol. The molecule has 2 aliphatic heterocycles. The molecule has 3 heterocycles. The summed E-state index contributed by atoms with van der Waals surface area (Å²) in [6.07, 6.45) is 1.37. The Balaban J connectivity index is 1.60. The van der Waals surface area contributed by atoms with Crippen molar-refractivity contribution in [1.82, 2.24) is 0 Å². The number of aromatic hydroxyl groups is 1. The van der Waals surface area contributed by atoms with E-state index in [4.69, 9.17) is 23.4 Å². The summed E-state index contributed by atoms with van der Waals surface area (Å²) in [5.41, 5.74) is 1.95. The molecule has 1 atom stereocenters. The molecule has 0 spiro atoms. The molecular formula is C26H18O8. The van der Waals surface area contributed by atoms with Gasteiger partial charge in [-0.05, 0) is 23.3 Å². The molecule has 0 saturated carbocycles. The summed E-state index contributed by atoms with van der Waals surface area (Å²) in [5.74, 6) is 0.242. The highest BCUT2D eigenvalue weighted by Crippen LogP contribution is 2.49. The zero-order chi connectivity index (χ0) is 23.4. The molecule has 0 bridgehead atoms. The van der Waals surface area contributed by atoms with Crippen LogP contribution in [-0.4, -0.2) is 25.0 Å². The van der Waals surface area contributed by atoms with Crippen LogP contribution in [-0.2, 0) is 4.79 Å². The van der Waals surface area contributed by atoms with Crippen molar-refractivity contribution in [3.05, 3.63) is 76.1 Å². The lowest BCUT2D eigenvalue weighted by atomic mass is 9.84. The van der Waals surface area contributed by atoms with E-state index in [1.165, 1.54) is 19.4 Å². The smallest absolute Gasteiger partial charge is 0.312 e. The van der Waals surface area contributed by atoms with Crippen LogP contribution in [0.25, 0.3) is 22.1 Å². The van der Waals surface area contributed by atoms with E-state index >= 15 is 0 Å². The number of rotatable bonds is 3. The number of hydrogen-bond donors (Lipinski definition) is 1. The molecule has 8 nitrogen and oxygen atoms in total. The van der Waals surface area contributed by atoms with Gasteiger partial charge < -0.3 is 28.5 Å². The van der Waals surface area contributed by atoms with Gasteiger partial charge in [0.1, 0.15) is 28.7 Å². The van der Waals surface area contributed by atoms with Gasteiger partial charge in [0.05, 0.1) is 19.1 Å². The number of phenols is 1.